The molecular weight excluding hydrogens is 234 g/mol. The van der Waals surface area contributed by atoms with Crippen molar-refractivity contribution in [2.24, 2.45) is 0 Å². The number of ether oxygens (including phenoxy) is 2. The number of carbonyl (C=O) groups is 2. The summed E-state index contributed by atoms with van der Waals surface area (Å²) < 4.78 is 10.0. The third kappa shape index (κ3) is 3.70. The first kappa shape index (κ1) is 15.0. The molecule has 0 bridgehead atoms. The van der Waals surface area contributed by atoms with Gasteiger partial charge in [0.2, 0.25) is 5.91 Å². The van der Waals surface area contributed by atoms with E-state index < -0.39 is 11.6 Å². The van der Waals surface area contributed by atoms with Crippen LogP contribution >= 0.6 is 0 Å². The summed E-state index contributed by atoms with van der Waals surface area (Å²) in [7, 11) is 2.94. The lowest BCUT2D eigenvalue weighted by molar-refractivity contribution is -0.156. The lowest BCUT2D eigenvalue weighted by atomic mass is 9.98. The molecule has 0 radical (unpaired) electrons. The first-order valence-corrected chi connectivity index (χ1v) is 6.34. The van der Waals surface area contributed by atoms with E-state index in [0.29, 0.717) is 13.0 Å². The van der Waals surface area contributed by atoms with Gasteiger partial charge in [-0.25, -0.2) is 4.79 Å². The molecule has 1 heterocycles. The van der Waals surface area contributed by atoms with Crippen LogP contribution in [0.2, 0.25) is 0 Å². The molecule has 0 aliphatic carbocycles. The number of hydrogen-bond donors (Lipinski definition) is 0. The maximum atomic E-state index is 12.2. The number of esters is 1. The zero-order valence-electron chi connectivity index (χ0n) is 11.7. The van der Waals surface area contributed by atoms with Crippen LogP contribution in [0.15, 0.2) is 0 Å². The fourth-order valence-electron chi connectivity index (χ4n) is 2.15. The van der Waals surface area contributed by atoms with Crippen LogP contribution in [-0.2, 0) is 19.1 Å². The molecule has 5 nitrogen and oxygen atoms in total. The maximum Gasteiger partial charge on any atom is 0.328 e. The minimum atomic E-state index is -0.505. The van der Waals surface area contributed by atoms with Gasteiger partial charge in [-0.2, -0.15) is 0 Å². The van der Waals surface area contributed by atoms with Crippen LogP contribution in [0.1, 0.15) is 39.5 Å². The zero-order valence-corrected chi connectivity index (χ0v) is 11.7. The van der Waals surface area contributed by atoms with Crippen molar-refractivity contribution in [1.29, 1.82) is 0 Å². The van der Waals surface area contributed by atoms with Crippen molar-refractivity contribution < 1.29 is 19.1 Å². The Balaban J connectivity index is 2.71. The molecular formula is C13H23NO4. The third-order valence-electron chi connectivity index (χ3n) is 3.43. The number of amides is 1. The molecule has 18 heavy (non-hydrogen) atoms. The first-order chi connectivity index (χ1) is 8.41. The Hall–Kier alpha value is -1.10. The van der Waals surface area contributed by atoms with Crippen LogP contribution in [-0.4, -0.2) is 49.2 Å². The number of piperidine rings is 1. The van der Waals surface area contributed by atoms with Gasteiger partial charge in [-0.1, -0.05) is 0 Å². The van der Waals surface area contributed by atoms with E-state index in [1.807, 2.05) is 13.8 Å². The predicted octanol–water partition coefficient (Wildman–Crippen LogP) is 1.36. The number of likely N-dealkylation sites (tertiary alicyclic amines) is 1. The molecule has 1 aliphatic rings. The van der Waals surface area contributed by atoms with E-state index in [0.717, 1.165) is 12.8 Å². The quantitative estimate of drug-likeness (QED) is 0.713. The average molecular weight is 257 g/mol. The van der Waals surface area contributed by atoms with Crippen molar-refractivity contribution in [3.8, 4) is 0 Å². The van der Waals surface area contributed by atoms with Crippen LogP contribution in [0.25, 0.3) is 0 Å². The van der Waals surface area contributed by atoms with Gasteiger partial charge in [0.1, 0.15) is 6.04 Å². The molecule has 0 aromatic heterocycles. The zero-order chi connectivity index (χ0) is 13.8. The van der Waals surface area contributed by atoms with E-state index in [-0.39, 0.29) is 18.3 Å². The molecule has 1 rings (SSSR count). The highest BCUT2D eigenvalue weighted by atomic mass is 16.5. The van der Waals surface area contributed by atoms with Gasteiger partial charge < -0.3 is 14.4 Å². The van der Waals surface area contributed by atoms with Crippen LogP contribution in [0.4, 0.5) is 0 Å². The van der Waals surface area contributed by atoms with E-state index in [4.69, 9.17) is 9.47 Å². The topological polar surface area (TPSA) is 55.8 Å². The van der Waals surface area contributed by atoms with Crippen molar-refractivity contribution in [3.63, 3.8) is 0 Å². The fraction of sp³-hybridized carbons (Fsp3) is 0.846. The second kappa shape index (κ2) is 6.18. The van der Waals surface area contributed by atoms with Crippen LogP contribution in [0.5, 0.6) is 0 Å². The molecule has 1 amide bonds. The molecule has 1 saturated heterocycles. The Morgan fingerprint density at radius 2 is 1.94 bits per heavy atom. The van der Waals surface area contributed by atoms with Crippen molar-refractivity contribution in [2.45, 2.75) is 51.2 Å². The monoisotopic (exact) mass is 257 g/mol. The van der Waals surface area contributed by atoms with E-state index >= 15 is 0 Å². The Bertz CT molecular complexity index is 314. The van der Waals surface area contributed by atoms with Crippen molar-refractivity contribution >= 4 is 11.9 Å². The van der Waals surface area contributed by atoms with Gasteiger partial charge in [-0.15, -0.1) is 0 Å². The normalized spacial score (nSPS) is 20.7. The van der Waals surface area contributed by atoms with Crippen LogP contribution in [0, 0.1) is 0 Å². The van der Waals surface area contributed by atoms with Crippen LogP contribution in [0.3, 0.4) is 0 Å². The molecule has 0 aromatic rings. The summed E-state index contributed by atoms with van der Waals surface area (Å²) in [4.78, 5) is 25.5. The number of rotatable bonds is 4. The SMILES string of the molecule is COC(=O)C1CCCCN1C(=O)CC(C)(C)OC. The lowest BCUT2D eigenvalue weighted by Gasteiger charge is -2.35. The van der Waals surface area contributed by atoms with Crippen molar-refractivity contribution in [1.82, 2.24) is 4.90 Å². The molecule has 0 spiro atoms. The third-order valence-corrected chi connectivity index (χ3v) is 3.43. The van der Waals surface area contributed by atoms with Gasteiger partial charge >= 0.3 is 5.97 Å². The Kier molecular flexibility index (Phi) is 5.14. The number of nitrogens with zero attached hydrogens (tertiary/aromatic N) is 1. The summed E-state index contributed by atoms with van der Waals surface area (Å²) in [6, 6.07) is -0.427. The molecule has 0 N–H and O–H groups in total. The summed E-state index contributed by atoms with van der Waals surface area (Å²) in [5.41, 5.74) is -0.505. The molecule has 0 aromatic carbocycles. The second-order valence-electron chi connectivity index (χ2n) is 5.26. The van der Waals surface area contributed by atoms with Crippen molar-refractivity contribution in [3.05, 3.63) is 0 Å². The maximum absolute atomic E-state index is 12.2. The van der Waals surface area contributed by atoms with Crippen molar-refractivity contribution in [2.75, 3.05) is 20.8 Å². The fourth-order valence-corrected chi connectivity index (χ4v) is 2.15. The number of hydrogen-bond acceptors (Lipinski definition) is 4. The van der Waals surface area contributed by atoms with Gasteiger partial charge in [0.05, 0.1) is 19.1 Å². The highest BCUT2D eigenvalue weighted by Crippen LogP contribution is 2.22. The second-order valence-corrected chi connectivity index (χ2v) is 5.26. The minimum absolute atomic E-state index is 0.0445. The average Bonchev–Trinajstić information content (AvgIpc) is 2.37. The number of carbonyl (C=O) groups excluding carboxylic acids is 2. The predicted molar refractivity (Wildman–Crippen MR) is 67.1 cm³/mol. The minimum Gasteiger partial charge on any atom is -0.467 e. The molecule has 104 valence electrons. The summed E-state index contributed by atoms with van der Waals surface area (Å²) >= 11 is 0. The smallest absolute Gasteiger partial charge is 0.328 e. The molecule has 0 saturated carbocycles. The molecule has 5 heteroatoms. The first-order valence-electron chi connectivity index (χ1n) is 6.34. The molecule has 1 fully saturated rings. The van der Waals surface area contributed by atoms with Crippen LogP contribution < -0.4 is 0 Å². The highest BCUT2D eigenvalue weighted by molar-refractivity contribution is 5.85. The Morgan fingerprint density at radius 1 is 1.28 bits per heavy atom. The summed E-state index contributed by atoms with van der Waals surface area (Å²) in [5, 5.41) is 0. The Labute approximate surface area is 108 Å². The van der Waals surface area contributed by atoms with Gasteiger partial charge in [0, 0.05) is 13.7 Å². The van der Waals surface area contributed by atoms with Gasteiger partial charge in [-0.05, 0) is 33.1 Å². The Morgan fingerprint density at radius 3 is 2.50 bits per heavy atom. The summed E-state index contributed by atoms with van der Waals surface area (Å²) in [5.74, 6) is -0.366. The molecule has 1 aliphatic heterocycles. The van der Waals surface area contributed by atoms with Gasteiger partial charge in [0.25, 0.3) is 0 Å². The van der Waals surface area contributed by atoms with E-state index in [1.54, 1.807) is 12.0 Å². The van der Waals surface area contributed by atoms with Gasteiger partial charge in [0.15, 0.2) is 0 Å². The van der Waals surface area contributed by atoms with E-state index in [9.17, 15) is 9.59 Å². The standard InChI is InChI=1S/C13H23NO4/c1-13(2,18-4)9-11(15)14-8-6-5-7-10(14)12(16)17-3/h10H,5-9H2,1-4H3. The number of methoxy groups -OCH3 is 2. The van der Waals surface area contributed by atoms with E-state index in [1.165, 1.54) is 7.11 Å². The highest BCUT2D eigenvalue weighted by Gasteiger charge is 2.35. The summed E-state index contributed by atoms with van der Waals surface area (Å²) in [6.45, 7) is 4.35. The molecule has 1 atom stereocenters. The lowest BCUT2D eigenvalue weighted by Crippen LogP contribution is -2.50. The largest absolute Gasteiger partial charge is 0.467 e. The molecule has 1 unspecified atom stereocenters. The van der Waals surface area contributed by atoms with E-state index in [2.05, 4.69) is 0 Å². The van der Waals surface area contributed by atoms with Gasteiger partial charge in [-0.3, -0.25) is 4.79 Å². The summed E-state index contributed by atoms with van der Waals surface area (Å²) in [6.07, 6.45) is 2.85.